The van der Waals surface area contributed by atoms with Gasteiger partial charge in [0.15, 0.2) is 0 Å². The second-order valence-electron chi connectivity index (χ2n) is 3.62. The van der Waals surface area contributed by atoms with Gasteiger partial charge in [0.05, 0.1) is 12.6 Å². The molecule has 1 unspecified atom stereocenters. The van der Waals surface area contributed by atoms with Crippen molar-refractivity contribution in [1.29, 1.82) is 0 Å². The molecule has 0 aliphatic heterocycles. The van der Waals surface area contributed by atoms with Gasteiger partial charge >= 0.3 is 0 Å². The van der Waals surface area contributed by atoms with Crippen LogP contribution in [0.1, 0.15) is 23.4 Å². The Morgan fingerprint density at radius 1 is 1.35 bits per heavy atom. The van der Waals surface area contributed by atoms with Gasteiger partial charge in [-0.25, -0.2) is 5.43 Å². The quantitative estimate of drug-likeness (QED) is 0.632. The lowest BCUT2D eigenvalue weighted by molar-refractivity contribution is 0.339. The monoisotopic (exact) mass is 248 g/mol. The highest BCUT2D eigenvalue weighted by atomic mass is 32.1. The molecule has 90 valence electrons. The number of rotatable bonds is 5. The van der Waals surface area contributed by atoms with E-state index in [1.807, 2.05) is 42.6 Å². The van der Waals surface area contributed by atoms with Crippen molar-refractivity contribution in [1.82, 2.24) is 5.43 Å². The molecular weight excluding hydrogens is 232 g/mol. The molecule has 0 spiro atoms. The molecule has 0 saturated heterocycles. The van der Waals surface area contributed by atoms with Crippen molar-refractivity contribution in [2.24, 2.45) is 5.84 Å². The van der Waals surface area contributed by atoms with Crippen molar-refractivity contribution in [3.63, 3.8) is 0 Å². The molecule has 0 radical (unpaired) electrons. The fourth-order valence-corrected chi connectivity index (χ4v) is 2.56. The molecule has 0 bridgehead atoms. The lowest BCUT2D eigenvalue weighted by Gasteiger charge is -2.15. The Kier molecular flexibility index (Phi) is 4.14. The summed E-state index contributed by atoms with van der Waals surface area (Å²) in [6.45, 7) is 2.65. The number of ether oxygens (including phenoxy) is 1. The molecule has 0 fully saturated rings. The van der Waals surface area contributed by atoms with E-state index in [-0.39, 0.29) is 6.04 Å². The fourth-order valence-electron chi connectivity index (χ4n) is 1.75. The Morgan fingerprint density at radius 2 is 2.24 bits per heavy atom. The Morgan fingerprint density at radius 3 is 2.88 bits per heavy atom. The Hall–Kier alpha value is -1.36. The molecular formula is C13H16N2OS. The average Bonchev–Trinajstić information content (AvgIpc) is 2.85. The Labute approximate surface area is 105 Å². The van der Waals surface area contributed by atoms with Crippen LogP contribution < -0.4 is 16.0 Å². The van der Waals surface area contributed by atoms with Crippen LogP contribution in [-0.4, -0.2) is 6.61 Å². The van der Waals surface area contributed by atoms with Gasteiger partial charge in [0.1, 0.15) is 5.75 Å². The van der Waals surface area contributed by atoms with E-state index in [2.05, 4.69) is 11.5 Å². The van der Waals surface area contributed by atoms with E-state index >= 15 is 0 Å². The van der Waals surface area contributed by atoms with Gasteiger partial charge in [0.25, 0.3) is 0 Å². The van der Waals surface area contributed by atoms with Crippen molar-refractivity contribution in [3.05, 3.63) is 52.2 Å². The molecule has 3 nitrogen and oxygen atoms in total. The van der Waals surface area contributed by atoms with Crippen molar-refractivity contribution < 1.29 is 4.74 Å². The minimum atomic E-state index is 0.0235. The molecule has 1 atom stereocenters. The van der Waals surface area contributed by atoms with Gasteiger partial charge in [-0.05, 0) is 36.1 Å². The Balaban J connectivity index is 2.28. The third-order valence-corrected chi connectivity index (χ3v) is 3.43. The lowest BCUT2D eigenvalue weighted by Crippen LogP contribution is -2.28. The van der Waals surface area contributed by atoms with Crippen molar-refractivity contribution >= 4 is 11.3 Å². The number of nitrogens with two attached hydrogens (primary N) is 1. The van der Waals surface area contributed by atoms with Gasteiger partial charge in [0, 0.05) is 4.88 Å². The second-order valence-corrected chi connectivity index (χ2v) is 4.60. The summed E-state index contributed by atoms with van der Waals surface area (Å²) in [7, 11) is 0. The smallest absolute Gasteiger partial charge is 0.119 e. The maximum Gasteiger partial charge on any atom is 0.119 e. The maximum atomic E-state index is 5.64. The zero-order valence-electron chi connectivity index (χ0n) is 9.72. The van der Waals surface area contributed by atoms with E-state index in [0.29, 0.717) is 6.61 Å². The molecule has 2 rings (SSSR count). The molecule has 1 heterocycles. The number of hydrazine groups is 1. The molecule has 1 aromatic carbocycles. The standard InChI is InChI=1S/C13H16N2OS/c1-2-16-11-6-3-5-10(9-11)13(15-14)12-7-4-8-17-12/h3-9,13,15H,2,14H2,1H3. The third kappa shape index (κ3) is 2.85. The van der Waals surface area contributed by atoms with E-state index in [9.17, 15) is 0 Å². The lowest BCUT2D eigenvalue weighted by atomic mass is 10.1. The van der Waals surface area contributed by atoms with Crippen LogP contribution in [0.5, 0.6) is 5.75 Å². The van der Waals surface area contributed by atoms with E-state index < -0.39 is 0 Å². The summed E-state index contributed by atoms with van der Waals surface area (Å²) in [5.74, 6) is 6.51. The Bertz CT molecular complexity index is 456. The summed E-state index contributed by atoms with van der Waals surface area (Å²) in [4.78, 5) is 1.20. The predicted molar refractivity (Wildman–Crippen MR) is 71.1 cm³/mol. The summed E-state index contributed by atoms with van der Waals surface area (Å²) < 4.78 is 5.49. The van der Waals surface area contributed by atoms with E-state index in [0.717, 1.165) is 11.3 Å². The molecule has 0 aliphatic carbocycles. The van der Waals surface area contributed by atoms with Crippen LogP contribution in [0.25, 0.3) is 0 Å². The van der Waals surface area contributed by atoms with Crippen LogP contribution in [-0.2, 0) is 0 Å². The summed E-state index contributed by atoms with van der Waals surface area (Å²) in [5, 5.41) is 2.05. The van der Waals surface area contributed by atoms with Gasteiger partial charge in [0.2, 0.25) is 0 Å². The summed E-state index contributed by atoms with van der Waals surface area (Å²) >= 11 is 1.69. The normalized spacial score (nSPS) is 12.4. The van der Waals surface area contributed by atoms with E-state index in [1.54, 1.807) is 11.3 Å². The second kappa shape index (κ2) is 5.82. The van der Waals surface area contributed by atoms with E-state index in [4.69, 9.17) is 10.6 Å². The molecule has 4 heteroatoms. The molecule has 0 aliphatic rings. The molecule has 0 amide bonds. The van der Waals surface area contributed by atoms with Gasteiger partial charge in [-0.1, -0.05) is 18.2 Å². The van der Waals surface area contributed by atoms with E-state index in [1.165, 1.54) is 4.88 Å². The summed E-state index contributed by atoms with van der Waals surface area (Å²) in [5.41, 5.74) is 3.96. The number of hydrogen-bond donors (Lipinski definition) is 2. The van der Waals surface area contributed by atoms with Gasteiger partial charge in [-0.2, -0.15) is 0 Å². The molecule has 3 N–H and O–H groups in total. The third-order valence-electron chi connectivity index (χ3n) is 2.50. The highest BCUT2D eigenvalue weighted by Gasteiger charge is 2.13. The molecule has 1 aromatic heterocycles. The zero-order valence-corrected chi connectivity index (χ0v) is 10.5. The largest absolute Gasteiger partial charge is 0.494 e. The highest BCUT2D eigenvalue weighted by molar-refractivity contribution is 7.10. The van der Waals surface area contributed by atoms with Crippen molar-refractivity contribution in [3.8, 4) is 5.75 Å². The number of nitrogens with one attached hydrogen (secondary N) is 1. The van der Waals surface area contributed by atoms with Crippen LogP contribution in [0, 0.1) is 0 Å². The van der Waals surface area contributed by atoms with Crippen LogP contribution >= 0.6 is 11.3 Å². The van der Waals surface area contributed by atoms with Gasteiger partial charge in [-0.15, -0.1) is 11.3 Å². The van der Waals surface area contributed by atoms with Crippen LogP contribution in [0.4, 0.5) is 0 Å². The molecule has 2 aromatic rings. The number of thiophene rings is 1. The molecule has 0 saturated carbocycles. The minimum absolute atomic E-state index is 0.0235. The van der Waals surface area contributed by atoms with Crippen LogP contribution in [0.3, 0.4) is 0 Å². The topological polar surface area (TPSA) is 47.3 Å². The maximum absolute atomic E-state index is 5.64. The highest BCUT2D eigenvalue weighted by Crippen LogP contribution is 2.27. The first-order valence-electron chi connectivity index (χ1n) is 5.57. The van der Waals surface area contributed by atoms with Crippen molar-refractivity contribution in [2.45, 2.75) is 13.0 Å². The summed E-state index contributed by atoms with van der Waals surface area (Å²) in [6, 6.07) is 12.1. The summed E-state index contributed by atoms with van der Waals surface area (Å²) in [6.07, 6.45) is 0. The first-order chi connectivity index (χ1) is 8.35. The number of hydrogen-bond acceptors (Lipinski definition) is 4. The van der Waals surface area contributed by atoms with Gasteiger partial charge < -0.3 is 4.74 Å². The predicted octanol–water partition coefficient (Wildman–Crippen LogP) is 2.70. The minimum Gasteiger partial charge on any atom is -0.494 e. The zero-order chi connectivity index (χ0) is 12.1. The van der Waals surface area contributed by atoms with Gasteiger partial charge in [-0.3, -0.25) is 5.84 Å². The van der Waals surface area contributed by atoms with Crippen LogP contribution in [0.2, 0.25) is 0 Å². The fraction of sp³-hybridized carbons (Fsp3) is 0.231. The van der Waals surface area contributed by atoms with Crippen LogP contribution in [0.15, 0.2) is 41.8 Å². The van der Waals surface area contributed by atoms with Crippen molar-refractivity contribution in [2.75, 3.05) is 6.61 Å². The first kappa shape index (κ1) is 12.1. The first-order valence-corrected chi connectivity index (χ1v) is 6.45. The SMILES string of the molecule is CCOc1cccc(C(NN)c2cccs2)c1. The number of benzene rings is 1. The average molecular weight is 248 g/mol. The molecule has 17 heavy (non-hydrogen) atoms.